The maximum absolute atomic E-state index is 12.2. The summed E-state index contributed by atoms with van der Waals surface area (Å²) in [6.07, 6.45) is 3.64. The predicted molar refractivity (Wildman–Crippen MR) is 92.4 cm³/mol. The number of benzene rings is 1. The quantitative estimate of drug-likeness (QED) is 0.876. The minimum Gasteiger partial charge on any atom is -0.375 e. The predicted octanol–water partition coefficient (Wildman–Crippen LogP) is 1.71. The highest BCUT2D eigenvalue weighted by Crippen LogP contribution is 2.14. The number of carbonyl (C=O) groups is 1. The van der Waals surface area contributed by atoms with Crippen LogP contribution in [0, 0.1) is 0 Å². The summed E-state index contributed by atoms with van der Waals surface area (Å²) in [4.78, 5) is 14.4. The van der Waals surface area contributed by atoms with Crippen LogP contribution in [0.1, 0.15) is 6.92 Å². The van der Waals surface area contributed by atoms with E-state index in [2.05, 4.69) is 20.6 Å². The summed E-state index contributed by atoms with van der Waals surface area (Å²) in [5, 5.41) is 10.0. The van der Waals surface area contributed by atoms with E-state index in [1.54, 1.807) is 10.9 Å². The molecule has 7 nitrogen and oxygen atoms in total. The first-order chi connectivity index (χ1) is 11.7. The minimum atomic E-state index is -0.216. The summed E-state index contributed by atoms with van der Waals surface area (Å²) in [6.45, 7) is 4.23. The van der Waals surface area contributed by atoms with E-state index in [1.165, 1.54) is 0 Å². The molecular formula is C17H23N5O2. The van der Waals surface area contributed by atoms with E-state index >= 15 is 0 Å². The first-order valence-electron chi connectivity index (χ1n) is 8.13. The van der Waals surface area contributed by atoms with Crippen molar-refractivity contribution in [2.75, 3.05) is 32.1 Å². The second-order valence-electron chi connectivity index (χ2n) is 5.92. The number of hydrogen-bond acceptors (Lipinski definition) is 4. The number of urea groups is 1. The molecule has 2 heterocycles. The maximum atomic E-state index is 12.2. The third-order valence-corrected chi connectivity index (χ3v) is 4.04. The molecule has 0 aliphatic carbocycles. The van der Waals surface area contributed by atoms with E-state index in [1.807, 2.05) is 50.5 Å². The maximum Gasteiger partial charge on any atom is 0.319 e. The van der Waals surface area contributed by atoms with Crippen LogP contribution in [0.15, 0.2) is 42.7 Å². The lowest BCUT2D eigenvalue weighted by Gasteiger charge is -2.20. The van der Waals surface area contributed by atoms with Crippen LogP contribution in [0.5, 0.6) is 0 Å². The lowest BCUT2D eigenvalue weighted by molar-refractivity contribution is 0.0568. The van der Waals surface area contributed by atoms with Crippen LogP contribution in [-0.4, -0.2) is 59.6 Å². The molecule has 7 heteroatoms. The van der Waals surface area contributed by atoms with E-state index in [0.29, 0.717) is 6.61 Å². The molecule has 1 aromatic heterocycles. The van der Waals surface area contributed by atoms with Crippen LogP contribution >= 0.6 is 0 Å². The molecule has 0 spiro atoms. The smallest absolute Gasteiger partial charge is 0.319 e. The van der Waals surface area contributed by atoms with Gasteiger partial charge < -0.3 is 20.3 Å². The SMILES string of the molecule is CCOC1CN(C)CC1NC(=O)Nc1ccc(-n2cccn2)cc1. The monoisotopic (exact) mass is 329 g/mol. The molecule has 128 valence electrons. The van der Waals surface area contributed by atoms with Crippen molar-refractivity contribution in [3.63, 3.8) is 0 Å². The third-order valence-electron chi connectivity index (χ3n) is 4.04. The van der Waals surface area contributed by atoms with E-state index in [0.717, 1.165) is 24.5 Å². The summed E-state index contributed by atoms with van der Waals surface area (Å²) in [7, 11) is 2.03. The summed E-state index contributed by atoms with van der Waals surface area (Å²) in [6, 6.07) is 9.19. The van der Waals surface area contributed by atoms with Crippen molar-refractivity contribution >= 4 is 11.7 Å². The largest absolute Gasteiger partial charge is 0.375 e. The Hall–Kier alpha value is -2.38. The van der Waals surface area contributed by atoms with Gasteiger partial charge in [0.25, 0.3) is 0 Å². The molecule has 2 unspecified atom stereocenters. The van der Waals surface area contributed by atoms with Crippen LogP contribution in [0.2, 0.25) is 0 Å². The number of carbonyl (C=O) groups excluding carboxylic acids is 1. The van der Waals surface area contributed by atoms with Gasteiger partial charge >= 0.3 is 6.03 Å². The Balaban J connectivity index is 1.56. The summed E-state index contributed by atoms with van der Waals surface area (Å²) in [5.41, 5.74) is 1.68. The first kappa shape index (κ1) is 16.5. The fourth-order valence-electron chi connectivity index (χ4n) is 2.94. The van der Waals surface area contributed by atoms with Crippen molar-refractivity contribution in [3.05, 3.63) is 42.7 Å². The number of nitrogens with zero attached hydrogens (tertiary/aromatic N) is 3. The molecule has 2 amide bonds. The molecule has 0 saturated carbocycles. The van der Waals surface area contributed by atoms with Crippen LogP contribution < -0.4 is 10.6 Å². The Kier molecular flexibility index (Phi) is 5.12. The molecular weight excluding hydrogens is 306 g/mol. The van der Waals surface area contributed by atoms with Gasteiger partial charge in [-0.15, -0.1) is 0 Å². The van der Waals surface area contributed by atoms with E-state index in [-0.39, 0.29) is 18.2 Å². The van der Waals surface area contributed by atoms with Gasteiger partial charge in [0.1, 0.15) is 0 Å². The van der Waals surface area contributed by atoms with Crippen molar-refractivity contribution in [1.29, 1.82) is 0 Å². The Bertz CT molecular complexity index is 656. The van der Waals surface area contributed by atoms with Crippen molar-refractivity contribution in [1.82, 2.24) is 20.0 Å². The zero-order chi connectivity index (χ0) is 16.9. The van der Waals surface area contributed by atoms with Gasteiger partial charge in [0, 0.05) is 37.8 Å². The van der Waals surface area contributed by atoms with Crippen molar-refractivity contribution < 1.29 is 9.53 Å². The van der Waals surface area contributed by atoms with Gasteiger partial charge in [-0.05, 0) is 44.3 Å². The van der Waals surface area contributed by atoms with Crippen molar-refractivity contribution in [2.24, 2.45) is 0 Å². The molecule has 2 N–H and O–H groups in total. The van der Waals surface area contributed by atoms with Crippen LogP contribution in [0.25, 0.3) is 5.69 Å². The molecule has 3 rings (SSSR count). The van der Waals surface area contributed by atoms with Gasteiger partial charge in [-0.3, -0.25) is 0 Å². The van der Waals surface area contributed by atoms with E-state index in [9.17, 15) is 4.79 Å². The lowest BCUT2D eigenvalue weighted by atomic mass is 10.2. The van der Waals surface area contributed by atoms with Gasteiger partial charge in [0.2, 0.25) is 0 Å². The number of rotatable bonds is 5. The zero-order valence-electron chi connectivity index (χ0n) is 14.0. The van der Waals surface area contributed by atoms with Gasteiger partial charge in [0.05, 0.1) is 17.8 Å². The number of aromatic nitrogens is 2. The molecule has 1 aromatic carbocycles. The van der Waals surface area contributed by atoms with Crippen molar-refractivity contribution in [2.45, 2.75) is 19.1 Å². The lowest BCUT2D eigenvalue weighted by Crippen LogP contribution is -2.45. The van der Waals surface area contributed by atoms with Crippen molar-refractivity contribution in [3.8, 4) is 5.69 Å². The standard InChI is InChI=1S/C17H23N5O2/c1-3-24-16-12-21(2)11-15(16)20-17(23)19-13-5-7-14(8-6-13)22-10-4-9-18-22/h4-10,15-16H,3,11-12H2,1-2H3,(H2,19,20,23). The second-order valence-corrected chi connectivity index (χ2v) is 5.92. The molecule has 1 saturated heterocycles. The third kappa shape index (κ3) is 3.93. The summed E-state index contributed by atoms with van der Waals surface area (Å²) >= 11 is 0. The van der Waals surface area contributed by atoms with E-state index < -0.39 is 0 Å². The van der Waals surface area contributed by atoms with Gasteiger partial charge in [-0.2, -0.15) is 5.10 Å². The highest BCUT2D eigenvalue weighted by Gasteiger charge is 2.32. The first-order valence-corrected chi connectivity index (χ1v) is 8.13. The summed E-state index contributed by atoms with van der Waals surface area (Å²) in [5.74, 6) is 0. The van der Waals surface area contributed by atoms with Gasteiger partial charge in [0.15, 0.2) is 0 Å². The highest BCUT2D eigenvalue weighted by molar-refractivity contribution is 5.89. The Morgan fingerprint density at radius 1 is 1.33 bits per heavy atom. The van der Waals surface area contributed by atoms with Crippen LogP contribution in [0.3, 0.4) is 0 Å². The molecule has 1 aliphatic heterocycles. The average Bonchev–Trinajstić information content (AvgIpc) is 3.19. The number of anilines is 1. The fourth-order valence-corrected chi connectivity index (χ4v) is 2.94. The fraction of sp³-hybridized carbons (Fsp3) is 0.412. The molecule has 24 heavy (non-hydrogen) atoms. The van der Waals surface area contributed by atoms with Gasteiger partial charge in [-0.25, -0.2) is 9.48 Å². The van der Waals surface area contributed by atoms with E-state index in [4.69, 9.17) is 4.74 Å². The number of amides is 2. The van der Waals surface area contributed by atoms with Crippen LogP contribution in [-0.2, 0) is 4.74 Å². The second kappa shape index (κ2) is 7.46. The molecule has 2 aromatic rings. The molecule has 1 aliphatic rings. The normalized spacial score (nSPS) is 20.9. The molecule has 1 fully saturated rings. The minimum absolute atomic E-state index is 0.00158. The highest BCUT2D eigenvalue weighted by atomic mass is 16.5. The number of likely N-dealkylation sites (N-methyl/N-ethyl adjacent to an activating group) is 1. The zero-order valence-corrected chi connectivity index (χ0v) is 14.0. The Labute approximate surface area is 141 Å². The van der Waals surface area contributed by atoms with Crippen LogP contribution in [0.4, 0.5) is 10.5 Å². The number of ether oxygens (including phenoxy) is 1. The Morgan fingerprint density at radius 3 is 2.79 bits per heavy atom. The molecule has 0 bridgehead atoms. The Morgan fingerprint density at radius 2 is 2.12 bits per heavy atom. The summed E-state index contributed by atoms with van der Waals surface area (Å²) < 4.78 is 7.47. The average molecular weight is 329 g/mol. The molecule has 0 radical (unpaired) electrons. The number of hydrogen-bond donors (Lipinski definition) is 2. The molecule has 2 atom stereocenters. The topological polar surface area (TPSA) is 71.4 Å². The number of nitrogens with one attached hydrogen (secondary N) is 2. The number of likely N-dealkylation sites (tertiary alicyclic amines) is 1. The van der Waals surface area contributed by atoms with Gasteiger partial charge in [-0.1, -0.05) is 0 Å².